The van der Waals surface area contributed by atoms with E-state index in [0.717, 1.165) is 6.42 Å². The highest BCUT2D eigenvalue weighted by Gasteiger charge is 2.24. The van der Waals surface area contributed by atoms with E-state index in [1.165, 1.54) is 16.6 Å². The summed E-state index contributed by atoms with van der Waals surface area (Å²) in [7, 11) is -3.40. The lowest BCUT2D eigenvalue weighted by molar-refractivity contribution is 0.428. The van der Waals surface area contributed by atoms with E-state index in [1.54, 1.807) is 0 Å². The van der Waals surface area contributed by atoms with Crippen LogP contribution in [-0.2, 0) is 10.0 Å². The van der Waals surface area contributed by atoms with E-state index in [4.69, 9.17) is 0 Å². The van der Waals surface area contributed by atoms with Gasteiger partial charge in [0.25, 0.3) is 10.0 Å². The summed E-state index contributed by atoms with van der Waals surface area (Å²) in [5, 5.41) is 6.90. The van der Waals surface area contributed by atoms with Crippen LogP contribution in [0, 0.1) is 0 Å². The van der Waals surface area contributed by atoms with Gasteiger partial charge in [-0.2, -0.15) is 9.40 Å². The largest absolute Gasteiger partial charge is 0.266 e. The maximum atomic E-state index is 12.0. The molecule has 0 amide bonds. The Hall–Kier alpha value is -0.400. The van der Waals surface area contributed by atoms with Gasteiger partial charge in [0.15, 0.2) is 5.03 Å². The Morgan fingerprint density at radius 1 is 1.53 bits per heavy atom. The first kappa shape index (κ1) is 12.7. The monoisotopic (exact) mass is 295 g/mol. The number of nitrogens with one attached hydrogen (secondary N) is 1. The highest BCUT2D eigenvalue weighted by molar-refractivity contribution is 9.09. The molecule has 0 aliphatic rings. The van der Waals surface area contributed by atoms with Crippen molar-refractivity contribution < 1.29 is 8.42 Å². The van der Waals surface area contributed by atoms with Crippen molar-refractivity contribution in [1.29, 1.82) is 0 Å². The van der Waals surface area contributed by atoms with Crippen LogP contribution in [0.3, 0.4) is 0 Å². The van der Waals surface area contributed by atoms with Crippen molar-refractivity contribution in [2.75, 3.05) is 18.4 Å². The molecule has 1 N–H and O–H groups in total. The molecule has 0 fully saturated rings. The Balaban J connectivity index is 2.91. The zero-order valence-electron chi connectivity index (χ0n) is 8.48. The van der Waals surface area contributed by atoms with Crippen molar-refractivity contribution >= 4 is 26.0 Å². The first-order valence-corrected chi connectivity index (χ1v) is 7.24. The van der Waals surface area contributed by atoms with Crippen molar-refractivity contribution in [3.8, 4) is 0 Å². The average molecular weight is 296 g/mol. The number of nitrogens with zero attached hydrogens (tertiary/aromatic N) is 2. The minimum Gasteiger partial charge on any atom is -0.266 e. The Morgan fingerprint density at radius 2 is 2.27 bits per heavy atom. The van der Waals surface area contributed by atoms with E-state index in [2.05, 4.69) is 26.1 Å². The highest BCUT2D eigenvalue weighted by Crippen LogP contribution is 2.12. The maximum Gasteiger partial charge on any atom is 0.259 e. The number of alkyl halides is 1. The smallest absolute Gasteiger partial charge is 0.259 e. The minimum atomic E-state index is -3.40. The number of rotatable bonds is 6. The zero-order chi connectivity index (χ0) is 11.3. The van der Waals surface area contributed by atoms with Crippen LogP contribution in [0.5, 0.6) is 0 Å². The predicted octanol–water partition coefficient (Wildman–Crippen LogP) is 1.21. The van der Waals surface area contributed by atoms with E-state index < -0.39 is 10.0 Å². The fourth-order valence-electron chi connectivity index (χ4n) is 1.22. The summed E-state index contributed by atoms with van der Waals surface area (Å²) in [6, 6.07) is 1.46. The van der Waals surface area contributed by atoms with E-state index >= 15 is 0 Å². The van der Waals surface area contributed by atoms with Crippen molar-refractivity contribution in [2.45, 2.75) is 18.4 Å². The second-order valence-electron chi connectivity index (χ2n) is 3.01. The van der Waals surface area contributed by atoms with Gasteiger partial charge in [-0.3, -0.25) is 5.10 Å². The van der Waals surface area contributed by atoms with Crippen LogP contribution >= 0.6 is 15.9 Å². The molecule has 0 bridgehead atoms. The quantitative estimate of drug-likeness (QED) is 0.802. The van der Waals surface area contributed by atoms with E-state index in [0.29, 0.717) is 18.4 Å². The zero-order valence-corrected chi connectivity index (χ0v) is 10.9. The van der Waals surface area contributed by atoms with Crippen LogP contribution in [-0.4, -0.2) is 41.3 Å². The third-order valence-corrected chi connectivity index (χ3v) is 4.08. The van der Waals surface area contributed by atoms with Crippen LogP contribution in [0.1, 0.15) is 13.3 Å². The van der Waals surface area contributed by atoms with Crippen molar-refractivity contribution in [3.63, 3.8) is 0 Å². The lowest BCUT2D eigenvalue weighted by Crippen LogP contribution is -2.33. The van der Waals surface area contributed by atoms with Gasteiger partial charge in [-0.15, -0.1) is 0 Å². The number of sulfonamides is 1. The Morgan fingerprint density at radius 3 is 2.73 bits per heavy atom. The molecule has 0 spiro atoms. The molecular formula is C8H14BrN3O2S. The Labute approximate surface area is 98.0 Å². The topological polar surface area (TPSA) is 66.1 Å². The standard InChI is InChI=1S/C8H14BrN3O2S/c1-2-6-12(7-4-9)15(13,14)8-3-5-10-11-8/h3,5H,2,4,6-7H2,1H3,(H,10,11). The first-order chi connectivity index (χ1) is 7.12. The summed E-state index contributed by atoms with van der Waals surface area (Å²) in [6.07, 6.45) is 2.23. The summed E-state index contributed by atoms with van der Waals surface area (Å²) in [5.74, 6) is 0. The molecule has 0 unspecified atom stereocenters. The first-order valence-electron chi connectivity index (χ1n) is 4.68. The van der Waals surface area contributed by atoms with Gasteiger partial charge >= 0.3 is 0 Å². The van der Waals surface area contributed by atoms with Gasteiger partial charge in [-0.1, -0.05) is 22.9 Å². The Bertz CT molecular complexity index is 371. The third kappa shape index (κ3) is 3.02. The number of aromatic nitrogens is 2. The summed E-state index contributed by atoms with van der Waals surface area (Å²) >= 11 is 3.24. The molecule has 1 aromatic rings. The molecule has 0 aliphatic carbocycles. The van der Waals surface area contributed by atoms with E-state index in [-0.39, 0.29) is 5.03 Å². The van der Waals surface area contributed by atoms with Gasteiger partial charge in [0, 0.05) is 18.4 Å². The number of H-pyrrole nitrogens is 1. The van der Waals surface area contributed by atoms with E-state index in [9.17, 15) is 8.42 Å². The predicted molar refractivity (Wildman–Crippen MR) is 61.4 cm³/mol. The lowest BCUT2D eigenvalue weighted by Gasteiger charge is -2.19. The molecule has 1 aromatic heterocycles. The minimum absolute atomic E-state index is 0.150. The SMILES string of the molecule is CCCN(CCBr)S(=O)(=O)c1ccn[nH]1. The Kier molecular flexibility index (Phi) is 4.75. The maximum absolute atomic E-state index is 12.0. The lowest BCUT2D eigenvalue weighted by atomic mass is 10.5. The average Bonchev–Trinajstić information content (AvgIpc) is 2.70. The molecule has 0 saturated carbocycles. The molecule has 5 nitrogen and oxygen atoms in total. The van der Waals surface area contributed by atoms with Crippen LogP contribution in [0.15, 0.2) is 17.3 Å². The summed E-state index contributed by atoms with van der Waals surface area (Å²) < 4.78 is 25.5. The van der Waals surface area contributed by atoms with Crippen LogP contribution in [0.2, 0.25) is 0 Å². The second-order valence-corrected chi connectivity index (χ2v) is 5.71. The third-order valence-electron chi connectivity index (χ3n) is 1.90. The summed E-state index contributed by atoms with van der Waals surface area (Å²) in [4.78, 5) is 0. The molecular weight excluding hydrogens is 282 g/mol. The fraction of sp³-hybridized carbons (Fsp3) is 0.625. The molecule has 86 valence electrons. The van der Waals surface area contributed by atoms with Crippen LogP contribution in [0.4, 0.5) is 0 Å². The molecule has 0 saturated heterocycles. The molecule has 0 aliphatic heterocycles. The van der Waals surface area contributed by atoms with Gasteiger partial charge < -0.3 is 0 Å². The molecule has 15 heavy (non-hydrogen) atoms. The van der Waals surface area contributed by atoms with Crippen molar-refractivity contribution in [2.24, 2.45) is 0 Å². The van der Waals surface area contributed by atoms with Gasteiger partial charge in [-0.25, -0.2) is 8.42 Å². The normalized spacial score (nSPS) is 12.2. The van der Waals surface area contributed by atoms with Gasteiger partial charge in [-0.05, 0) is 12.5 Å². The number of hydrogen-bond donors (Lipinski definition) is 1. The number of hydrogen-bond acceptors (Lipinski definition) is 3. The summed E-state index contributed by atoms with van der Waals surface area (Å²) in [6.45, 7) is 2.94. The van der Waals surface area contributed by atoms with Gasteiger partial charge in [0.1, 0.15) is 0 Å². The van der Waals surface area contributed by atoms with Gasteiger partial charge in [0.05, 0.1) is 6.20 Å². The molecule has 0 aromatic carbocycles. The number of aromatic amines is 1. The molecule has 1 heterocycles. The molecule has 0 radical (unpaired) electrons. The van der Waals surface area contributed by atoms with E-state index in [1.807, 2.05) is 6.92 Å². The van der Waals surface area contributed by atoms with Crippen molar-refractivity contribution in [1.82, 2.24) is 14.5 Å². The van der Waals surface area contributed by atoms with Gasteiger partial charge in [0.2, 0.25) is 0 Å². The van der Waals surface area contributed by atoms with Crippen LogP contribution in [0.25, 0.3) is 0 Å². The fourth-order valence-corrected chi connectivity index (χ4v) is 3.32. The highest BCUT2D eigenvalue weighted by atomic mass is 79.9. The molecule has 7 heteroatoms. The second kappa shape index (κ2) is 5.62. The number of halogens is 1. The van der Waals surface area contributed by atoms with Crippen LogP contribution < -0.4 is 0 Å². The molecule has 0 atom stereocenters. The summed E-state index contributed by atoms with van der Waals surface area (Å²) in [5.41, 5.74) is 0. The molecule has 1 rings (SSSR count). The van der Waals surface area contributed by atoms with Crippen molar-refractivity contribution in [3.05, 3.63) is 12.3 Å².